The fourth-order valence-electron chi connectivity index (χ4n) is 2.81. The first-order valence-electron chi connectivity index (χ1n) is 8.96. The molecule has 1 aliphatic carbocycles. The molecule has 0 aliphatic heterocycles. The number of ether oxygens (including phenoxy) is 2. The number of nitrogens with one attached hydrogen (secondary N) is 1. The maximum Gasteiger partial charge on any atom is 0.188 e. The minimum atomic E-state index is 0. The van der Waals surface area contributed by atoms with Crippen molar-refractivity contribution < 1.29 is 9.47 Å². The fourth-order valence-corrected chi connectivity index (χ4v) is 2.81. The van der Waals surface area contributed by atoms with Crippen LogP contribution in [0.1, 0.15) is 51.5 Å². The second-order valence-electron chi connectivity index (χ2n) is 6.82. The van der Waals surface area contributed by atoms with Crippen LogP contribution in [0.4, 0.5) is 0 Å². The highest BCUT2D eigenvalue weighted by Crippen LogP contribution is 2.32. The maximum atomic E-state index is 6.06. The van der Waals surface area contributed by atoms with Crippen molar-refractivity contribution in [1.82, 2.24) is 5.32 Å². The predicted octanol–water partition coefficient (Wildman–Crippen LogP) is 4.09. The average molecular weight is 461 g/mol. The number of guanidine groups is 1. The molecule has 0 heterocycles. The lowest BCUT2D eigenvalue weighted by Gasteiger charge is -2.16. The zero-order valence-corrected chi connectivity index (χ0v) is 17.9. The Labute approximate surface area is 168 Å². The molecule has 3 N–H and O–H groups in total. The van der Waals surface area contributed by atoms with E-state index in [1.54, 1.807) is 7.11 Å². The summed E-state index contributed by atoms with van der Waals surface area (Å²) in [6.07, 6.45) is 6.17. The van der Waals surface area contributed by atoms with E-state index in [-0.39, 0.29) is 24.0 Å². The summed E-state index contributed by atoms with van der Waals surface area (Å²) in [6, 6.07) is 5.98. The second-order valence-corrected chi connectivity index (χ2v) is 6.82. The first kappa shape index (κ1) is 21.9. The van der Waals surface area contributed by atoms with Crippen molar-refractivity contribution in [1.29, 1.82) is 0 Å². The van der Waals surface area contributed by atoms with Crippen LogP contribution in [0.5, 0.6) is 11.5 Å². The molecule has 0 saturated heterocycles. The van der Waals surface area contributed by atoms with E-state index in [9.17, 15) is 0 Å². The molecule has 2 rings (SSSR count). The Bertz CT molecular complexity index is 543. The van der Waals surface area contributed by atoms with Crippen molar-refractivity contribution in [2.75, 3.05) is 13.7 Å². The van der Waals surface area contributed by atoms with Crippen LogP contribution in [-0.2, 0) is 6.54 Å². The van der Waals surface area contributed by atoms with Gasteiger partial charge in [-0.3, -0.25) is 0 Å². The SMILES string of the molecule is COc1cc(CN=C(N)NCCC(C)C)ccc1OC1CCCC1.I. The molecule has 0 bridgehead atoms. The summed E-state index contributed by atoms with van der Waals surface area (Å²) in [4.78, 5) is 4.39. The Hall–Kier alpha value is -1.18. The van der Waals surface area contributed by atoms with Gasteiger partial charge >= 0.3 is 0 Å². The molecular weight excluding hydrogens is 429 g/mol. The van der Waals surface area contributed by atoms with Crippen LogP contribution in [-0.4, -0.2) is 25.7 Å². The zero-order chi connectivity index (χ0) is 17.4. The van der Waals surface area contributed by atoms with Crippen LogP contribution < -0.4 is 20.5 Å². The van der Waals surface area contributed by atoms with Gasteiger partial charge in [0, 0.05) is 6.54 Å². The van der Waals surface area contributed by atoms with Crippen LogP contribution in [0.25, 0.3) is 0 Å². The molecule has 1 saturated carbocycles. The predicted molar refractivity (Wildman–Crippen MR) is 114 cm³/mol. The van der Waals surface area contributed by atoms with E-state index in [0.29, 0.717) is 24.5 Å². The van der Waals surface area contributed by atoms with Gasteiger partial charge in [0.1, 0.15) is 0 Å². The molecule has 6 heteroatoms. The molecule has 1 aromatic carbocycles. The lowest BCUT2D eigenvalue weighted by atomic mass is 10.1. The summed E-state index contributed by atoms with van der Waals surface area (Å²) in [5.74, 6) is 2.73. The quantitative estimate of drug-likeness (QED) is 0.348. The molecule has 1 aliphatic rings. The molecule has 1 fully saturated rings. The van der Waals surface area contributed by atoms with E-state index in [4.69, 9.17) is 15.2 Å². The van der Waals surface area contributed by atoms with Gasteiger partial charge in [0.05, 0.1) is 19.8 Å². The standard InChI is InChI=1S/C19H31N3O2.HI/c1-14(2)10-11-21-19(20)22-13-15-8-9-17(18(12-15)23-3)24-16-6-4-5-7-16;/h8-9,12,14,16H,4-7,10-11,13H2,1-3H3,(H3,20,21,22);1H. The number of rotatable bonds is 8. The first-order valence-corrected chi connectivity index (χ1v) is 8.96. The van der Waals surface area contributed by atoms with Crippen molar-refractivity contribution in [3.8, 4) is 11.5 Å². The van der Waals surface area contributed by atoms with Gasteiger partial charge in [-0.2, -0.15) is 0 Å². The minimum Gasteiger partial charge on any atom is -0.493 e. The van der Waals surface area contributed by atoms with Crippen molar-refractivity contribution in [3.63, 3.8) is 0 Å². The third kappa shape index (κ3) is 7.71. The van der Waals surface area contributed by atoms with E-state index in [0.717, 1.165) is 42.9 Å². The number of aliphatic imine (C=N–C) groups is 1. The second kappa shape index (κ2) is 11.4. The van der Waals surface area contributed by atoms with Gasteiger partial charge in [-0.15, -0.1) is 24.0 Å². The van der Waals surface area contributed by atoms with E-state index >= 15 is 0 Å². The molecular formula is C19H32IN3O2. The van der Waals surface area contributed by atoms with Crippen LogP contribution in [0.15, 0.2) is 23.2 Å². The smallest absolute Gasteiger partial charge is 0.188 e. The van der Waals surface area contributed by atoms with E-state index < -0.39 is 0 Å². The number of methoxy groups -OCH3 is 1. The molecule has 0 aromatic heterocycles. The number of hydrogen-bond donors (Lipinski definition) is 2. The van der Waals surface area contributed by atoms with Gasteiger partial charge in [0.2, 0.25) is 0 Å². The molecule has 1 aromatic rings. The first-order chi connectivity index (χ1) is 11.6. The lowest BCUT2D eigenvalue weighted by Crippen LogP contribution is -2.32. The summed E-state index contributed by atoms with van der Waals surface area (Å²) in [5.41, 5.74) is 6.95. The van der Waals surface area contributed by atoms with Crippen LogP contribution >= 0.6 is 24.0 Å². The maximum absolute atomic E-state index is 6.06. The van der Waals surface area contributed by atoms with E-state index in [1.807, 2.05) is 18.2 Å². The van der Waals surface area contributed by atoms with Crippen molar-refractivity contribution >= 4 is 29.9 Å². The Kier molecular flexibility index (Phi) is 10.0. The van der Waals surface area contributed by atoms with E-state index in [1.165, 1.54) is 12.8 Å². The van der Waals surface area contributed by atoms with Crippen molar-refractivity contribution in [2.24, 2.45) is 16.6 Å². The van der Waals surface area contributed by atoms with Gasteiger partial charge in [0.25, 0.3) is 0 Å². The molecule has 0 spiro atoms. The molecule has 0 amide bonds. The molecule has 25 heavy (non-hydrogen) atoms. The summed E-state index contributed by atoms with van der Waals surface area (Å²) < 4.78 is 11.5. The summed E-state index contributed by atoms with van der Waals surface area (Å²) in [6.45, 7) is 5.76. The largest absolute Gasteiger partial charge is 0.493 e. The molecule has 0 unspecified atom stereocenters. The fraction of sp³-hybridized carbons (Fsp3) is 0.632. The van der Waals surface area contributed by atoms with Crippen LogP contribution in [0.3, 0.4) is 0 Å². The number of nitrogens with zero attached hydrogens (tertiary/aromatic N) is 1. The average Bonchev–Trinajstić information content (AvgIpc) is 3.06. The summed E-state index contributed by atoms with van der Waals surface area (Å²) in [7, 11) is 1.67. The number of nitrogens with two attached hydrogens (primary N) is 1. The molecule has 0 radical (unpaired) electrons. The van der Waals surface area contributed by atoms with Crippen molar-refractivity contribution in [3.05, 3.63) is 23.8 Å². The van der Waals surface area contributed by atoms with Gasteiger partial charge < -0.3 is 20.5 Å². The Morgan fingerprint density at radius 3 is 2.64 bits per heavy atom. The molecule has 5 nitrogen and oxygen atoms in total. The Balaban J connectivity index is 0.00000312. The topological polar surface area (TPSA) is 68.9 Å². The van der Waals surface area contributed by atoms with Gasteiger partial charge in [-0.25, -0.2) is 4.99 Å². The Morgan fingerprint density at radius 1 is 1.28 bits per heavy atom. The third-order valence-electron chi connectivity index (χ3n) is 4.28. The highest BCUT2D eigenvalue weighted by atomic mass is 127. The van der Waals surface area contributed by atoms with Crippen LogP contribution in [0, 0.1) is 5.92 Å². The highest BCUT2D eigenvalue weighted by molar-refractivity contribution is 14.0. The zero-order valence-electron chi connectivity index (χ0n) is 15.6. The highest BCUT2D eigenvalue weighted by Gasteiger charge is 2.18. The third-order valence-corrected chi connectivity index (χ3v) is 4.28. The Morgan fingerprint density at radius 2 is 2.00 bits per heavy atom. The van der Waals surface area contributed by atoms with Gasteiger partial charge in [0.15, 0.2) is 17.5 Å². The molecule has 142 valence electrons. The monoisotopic (exact) mass is 461 g/mol. The summed E-state index contributed by atoms with van der Waals surface area (Å²) >= 11 is 0. The van der Waals surface area contributed by atoms with Gasteiger partial charge in [-0.1, -0.05) is 19.9 Å². The van der Waals surface area contributed by atoms with Gasteiger partial charge in [-0.05, 0) is 55.7 Å². The minimum absolute atomic E-state index is 0. The summed E-state index contributed by atoms with van der Waals surface area (Å²) in [5, 5.41) is 3.14. The number of hydrogen-bond acceptors (Lipinski definition) is 3. The molecule has 0 atom stereocenters. The van der Waals surface area contributed by atoms with Crippen LogP contribution in [0.2, 0.25) is 0 Å². The normalized spacial score (nSPS) is 15.1. The lowest BCUT2D eigenvalue weighted by molar-refractivity contribution is 0.200. The van der Waals surface area contributed by atoms with E-state index in [2.05, 4.69) is 24.2 Å². The van der Waals surface area contributed by atoms with Crippen molar-refractivity contribution in [2.45, 2.75) is 58.6 Å². The number of halogens is 1. The number of benzene rings is 1.